The highest BCUT2D eigenvalue weighted by molar-refractivity contribution is 5.84. The van der Waals surface area contributed by atoms with E-state index in [0.717, 1.165) is 37.0 Å². The third-order valence-corrected chi connectivity index (χ3v) is 3.03. The zero-order valence-corrected chi connectivity index (χ0v) is 9.74. The van der Waals surface area contributed by atoms with E-state index in [0.29, 0.717) is 6.42 Å². The van der Waals surface area contributed by atoms with Crippen LogP contribution in [-0.4, -0.2) is 11.9 Å². The summed E-state index contributed by atoms with van der Waals surface area (Å²) in [7, 11) is 0. The average molecular weight is 218 g/mol. The molecule has 0 saturated carbocycles. The topological polar surface area (TPSA) is 26.3 Å². The molecule has 1 aliphatic rings. The molecule has 1 aliphatic heterocycles. The minimum absolute atomic E-state index is 0.228. The molecule has 1 unspecified atom stereocenters. The van der Waals surface area contributed by atoms with Gasteiger partial charge in [0, 0.05) is 12.8 Å². The van der Waals surface area contributed by atoms with Gasteiger partial charge in [-0.15, -0.1) is 0 Å². The van der Waals surface area contributed by atoms with Gasteiger partial charge in [0.1, 0.15) is 5.75 Å². The molecule has 2 rings (SSSR count). The van der Waals surface area contributed by atoms with Crippen LogP contribution in [-0.2, 0) is 11.2 Å². The largest absolute Gasteiger partial charge is 0.482 e. The molecule has 86 valence electrons. The number of benzene rings is 1. The van der Waals surface area contributed by atoms with Gasteiger partial charge in [0.15, 0.2) is 11.9 Å². The maximum atomic E-state index is 11.9. The minimum atomic E-state index is -0.228. The number of ether oxygens (including phenoxy) is 1. The molecular weight excluding hydrogens is 200 g/mol. The van der Waals surface area contributed by atoms with E-state index < -0.39 is 0 Å². The molecule has 0 aromatic heterocycles. The van der Waals surface area contributed by atoms with Crippen molar-refractivity contribution in [2.75, 3.05) is 0 Å². The Bertz CT molecular complexity index is 346. The van der Waals surface area contributed by atoms with Gasteiger partial charge in [-0.05, 0) is 18.1 Å². The van der Waals surface area contributed by atoms with Crippen LogP contribution < -0.4 is 4.74 Å². The van der Waals surface area contributed by atoms with Crippen molar-refractivity contribution < 1.29 is 9.53 Å². The standard InChI is InChI=1S/C14H18O2/c1-2-3-4-8-12(15)14-10-11-7-5-6-9-13(11)16-14/h5-7,9,14H,2-4,8,10H2,1H3. The molecule has 0 spiro atoms. The van der Waals surface area contributed by atoms with Crippen LogP contribution in [0.4, 0.5) is 0 Å². The number of ketones is 1. The number of carbonyl (C=O) groups is 1. The van der Waals surface area contributed by atoms with Crippen molar-refractivity contribution in [3.8, 4) is 5.75 Å². The van der Waals surface area contributed by atoms with Gasteiger partial charge >= 0.3 is 0 Å². The molecule has 0 saturated heterocycles. The van der Waals surface area contributed by atoms with Crippen molar-refractivity contribution in [3.05, 3.63) is 29.8 Å². The highest BCUT2D eigenvalue weighted by Gasteiger charge is 2.27. The van der Waals surface area contributed by atoms with Gasteiger partial charge < -0.3 is 4.74 Å². The fourth-order valence-corrected chi connectivity index (χ4v) is 2.07. The molecule has 1 aromatic carbocycles. The van der Waals surface area contributed by atoms with Crippen molar-refractivity contribution in [1.82, 2.24) is 0 Å². The number of para-hydroxylation sites is 1. The summed E-state index contributed by atoms with van der Waals surface area (Å²) in [5, 5.41) is 0. The van der Waals surface area contributed by atoms with Crippen LogP contribution in [0.15, 0.2) is 24.3 Å². The number of hydrogen-bond acceptors (Lipinski definition) is 2. The fraction of sp³-hybridized carbons (Fsp3) is 0.500. The molecular formula is C14H18O2. The molecule has 0 N–H and O–H groups in total. The average Bonchev–Trinajstić information content (AvgIpc) is 2.73. The Morgan fingerprint density at radius 3 is 2.94 bits per heavy atom. The van der Waals surface area contributed by atoms with E-state index in [-0.39, 0.29) is 11.9 Å². The van der Waals surface area contributed by atoms with Gasteiger partial charge in [0.2, 0.25) is 0 Å². The normalized spacial score (nSPS) is 17.9. The second kappa shape index (κ2) is 5.15. The SMILES string of the molecule is CCCCCC(=O)C1Cc2ccccc2O1. The molecule has 1 atom stereocenters. The summed E-state index contributed by atoms with van der Waals surface area (Å²) in [5.41, 5.74) is 1.16. The maximum absolute atomic E-state index is 11.9. The van der Waals surface area contributed by atoms with E-state index in [1.54, 1.807) is 0 Å². The summed E-state index contributed by atoms with van der Waals surface area (Å²) in [6.45, 7) is 2.15. The summed E-state index contributed by atoms with van der Waals surface area (Å²) < 4.78 is 5.65. The summed E-state index contributed by atoms with van der Waals surface area (Å²) in [6.07, 6.45) is 4.46. The molecule has 1 heterocycles. The lowest BCUT2D eigenvalue weighted by Crippen LogP contribution is -2.24. The summed E-state index contributed by atoms with van der Waals surface area (Å²) in [5.74, 6) is 1.14. The molecule has 2 heteroatoms. The molecule has 16 heavy (non-hydrogen) atoms. The van der Waals surface area contributed by atoms with Crippen LogP contribution in [0, 0.1) is 0 Å². The first-order chi connectivity index (χ1) is 7.81. The van der Waals surface area contributed by atoms with E-state index in [4.69, 9.17) is 4.74 Å². The van der Waals surface area contributed by atoms with Gasteiger partial charge in [-0.1, -0.05) is 38.0 Å². The van der Waals surface area contributed by atoms with Gasteiger partial charge in [-0.2, -0.15) is 0 Å². The summed E-state index contributed by atoms with van der Waals surface area (Å²) >= 11 is 0. The number of carbonyl (C=O) groups excluding carboxylic acids is 1. The number of rotatable bonds is 5. The van der Waals surface area contributed by atoms with E-state index in [9.17, 15) is 4.79 Å². The zero-order valence-electron chi connectivity index (χ0n) is 9.74. The van der Waals surface area contributed by atoms with Crippen molar-refractivity contribution in [2.24, 2.45) is 0 Å². The van der Waals surface area contributed by atoms with Crippen LogP contribution in [0.3, 0.4) is 0 Å². The predicted octanol–water partition coefficient (Wildman–Crippen LogP) is 3.14. The third-order valence-electron chi connectivity index (χ3n) is 3.03. The van der Waals surface area contributed by atoms with Crippen LogP contribution in [0.2, 0.25) is 0 Å². The Kier molecular flexibility index (Phi) is 3.60. The molecule has 0 amide bonds. The molecule has 0 fully saturated rings. The van der Waals surface area contributed by atoms with E-state index >= 15 is 0 Å². The van der Waals surface area contributed by atoms with Crippen LogP contribution in [0.5, 0.6) is 5.75 Å². The zero-order chi connectivity index (χ0) is 11.4. The Hall–Kier alpha value is -1.31. The number of Topliss-reactive ketones (excluding diaryl/α,β-unsaturated/α-hetero) is 1. The van der Waals surface area contributed by atoms with E-state index in [1.807, 2.05) is 24.3 Å². The fourth-order valence-electron chi connectivity index (χ4n) is 2.07. The quantitative estimate of drug-likeness (QED) is 0.710. The van der Waals surface area contributed by atoms with Crippen LogP contribution in [0.1, 0.15) is 38.2 Å². The van der Waals surface area contributed by atoms with E-state index in [1.165, 1.54) is 0 Å². The van der Waals surface area contributed by atoms with Crippen molar-refractivity contribution in [1.29, 1.82) is 0 Å². The maximum Gasteiger partial charge on any atom is 0.173 e. The second-order valence-electron chi connectivity index (χ2n) is 4.34. The van der Waals surface area contributed by atoms with Crippen LogP contribution >= 0.6 is 0 Å². The second-order valence-corrected chi connectivity index (χ2v) is 4.34. The lowest BCUT2D eigenvalue weighted by atomic mass is 10.0. The molecule has 0 radical (unpaired) electrons. The Labute approximate surface area is 96.6 Å². The highest BCUT2D eigenvalue weighted by Crippen LogP contribution is 2.29. The number of hydrogen-bond donors (Lipinski definition) is 0. The van der Waals surface area contributed by atoms with Crippen molar-refractivity contribution in [3.63, 3.8) is 0 Å². The first kappa shape index (κ1) is 11.2. The molecule has 0 bridgehead atoms. The Morgan fingerprint density at radius 1 is 1.38 bits per heavy atom. The van der Waals surface area contributed by atoms with Gasteiger partial charge in [-0.25, -0.2) is 0 Å². The van der Waals surface area contributed by atoms with Crippen LogP contribution in [0.25, 0.3) is 0 Å². The molecule has 1 aromatic rings. The van der Waals surface area contributed by atoms with Gasteiger partial charge in [-0.3, -0.25) is 4.79 Å². The Balaban J connectivity index is 1.88. The highest BCUT2D eigenvalue weighted by atomic mass is 16.5. The summed E-state index contributed by atoms with van der Waals surface area (Å²) in [4.78, 5) is 11.9. The third kappa shape index (κ3) is 2.43. The summed E-state index contributed by atoms with van der Waals surface area (Å²) in [6, 6.07) is 7.91. The Morgan fingerprint density at radius 2 is 2.19 bits per heavy atom. The monoisotopic (exact) mass is 218 g/mol. The molecule has 2 nitrogen and oxygen atoms in total. The van der Waals surface area contributed by atoms with Gasteiger partial charge in [0.05, 0.1) is 0 Å². The van der Waals surface area contributed by atoms with Crippen molar-refractivity contribution in [2.45, 2.75) is 45.1 Å². The first-order valence-electron chi connectivity index (χ1n) is 6.08. The lowest BCUT2D eigenvalue weighted by molar-refractivity contribution is -0.125. The smallest absolute Gasteiger partial charge is 0.173 e. The van der Waals surface area contributed by atoms with E-state index in [2.05, 4.69) is 6.92 Å². The minimum Gasteiger partial charge on any atom is -0.482 e. The lowest BCUT2D eigenvalue weighted by Gasteiger charge is -2.08. The first-order valence-corrected chi connectivity index (χ1v) is 6.08. The van der Waals surface area contributed by atoms with Gasteiger partial charge in [0.25, 0.3) is 0 Å². The predicted molar refractivity (Wildman–Crippen MR) is 63.7 cm³/mol. The number of fused-ring (bicyclic) bond motifs is 1. The van der Waals surface area contributed by atoms with Crippen molar-refractivity contribution >= 4 is 5.78 Å². The molecule has 0 aliphatic carbocycles. The number of unbranched alkanes of at least 4 members (excludes halogenated alkanes) is 2.